The fourth-order valence-electron chi connectivity index (χ4n) is 1.67. The maximum absolute atomic E-state index is 5.74. The molecule has 0 amide bonds. The largest absolute Gasteiger partial charge is 0.356 e. The van der Waals surface area contributed by atoms with Crippen molar-refractivity contribution in [1.29, 1.82) is 0 Å². The molecule has 0 spiro atoms. The van der Waals surface area contributed by atoms with E-state index in [9.17, 15) is 0 Å². The molecule has 7 nitrogen and oxygen atoms in total. The molecule has 2 aromatic heterocycles. The molecule has 0 aliphatic carbocycles. The summed E-state index contributed by atoms with van der Waals surface area (Å²) in [5, 5.41) is 10.5. The summed E-state index contributed by atoms with van der Waals surface area (Å²) in [4.78, 5) is 12.3. The first kappa shape index (κ1) is 18.6. The van der Waals surface area contributed by atoms with Gasteiger partial charge in [0.25, 0.3) is 0 Å². The molecule has 0 bridgehead atoms. The molecular formula is C13H18ClIN6O. The van der Waals surface area contributed by atoms with Gasteiger partial charge in [-0.15, -0.1) is 24.0 Å². The number of aliphatic imine (C=N–C) groups is 1. The third-order valence-corrected chi connectivity index (χ3v) is 2.92. The van der Waals surface area contributed by atoms with Crippen molar-refractivity contribution in [2.45, 2.75) is 19.9 Å². The number of aromatic nitrogens is 3. The van der Waals surface area contributed by atoms with E-state index in [-0.39, 0.29) is 24.0 Å². The second-order valence-electron chi connectivity index (χ2n) is 4.33. The third kappa shape index (κ3) is 6.14. The van der Waals surface area contributed by atoms with Crippen LogP contribution < -0.4 is 10.6 Å². The Hall–Kier alpha value is -1.42. The summed E-state index contributed by atoms with van der Waals surface area (Å²) in [7, 11) is 1.71. The van der Waals surface area contributed by atoms with Crippen LogP contribution in [0, 0.1) is 6.92 Å². The van der Waals surface area contributed by atoms with E-state index in [4.69, 9.17) is 16.1 Å². The Bertz CT molecular complexity index is 601. The molecule has 0 unspecified atom stereocenters. The van der Waals surface area contributed by atoms with Gasteiger partial charge in [-0.05, 0) is 25.0 Å². The Morgan fingerprint density at radius 2 is 2.18 bits per heavy atom. The van der Waals surface area contributed by atoms with Crippen LogP contribution in [0.5, 0.6) is 0 Å². The molecular weight excluding hydrogens is 419 g/mol. The van der Waals surface area contributed by atoms with Crippen molar-refractivity contribution < 1.29 is 4.52 Å². The van der Waals surface area contributed by atoms with E-state index in [2.05, 4.69) is 30.8 Å². The predicted octanol–water partition coefficient (Wildman–Crippen LogP) is 1.95. The minimum atomic E-state index is 0. The normalized spacial score (nSPS) is 11.0. The van der Waals surface area contributed by atoms with Gasteiger partial charge in [-0.25, -0.2) is 4.98 Å². The zero-order chi connectivity index (χ0) is 15.1. The van der Waals surface area contributed by atoms with E-state index in [1.807, 2.05) is 6.07 Å². The van der Waals surface area contributed by atoms with E-state index < -0.39 is 0 Å². The van der Waals surface area contributed by atoms with E-state index >= 15 is 0 Å². The number of hydrogen-bond acceptors (Lipinski definition) is 5. The second kappa shape index (κ2) is 9.57. The Labute approximate surface area is 151 Å². The number of hydrogen-bond donors (Lipinski definition) is 2. The van der Waals surface area contributed by atoms with Crippen LogP contribution in [0.3, 0.4) is 0 Å². The van der Waals surface area contributed by atoms with Crippen molar-refractivity contribution in [2.24, 2.45) is 4.99 Å². The number of aryl methyl sites for hydroxylation is 1. The lowest BCUT2D eigenvalue weighted by molar-refractivity contribution is 0.371. The van der Waals surface area contributed by atoms with Crippen molar-refractivity contribution in [3.63, 3.8) is 0 Å². The summed E-state index contributed by atoms with van der Waals surface area (Å²) in [6.45, 7) is 2.94. The molecule has 0 aromatic carbocycles. The number of nitrogens with zero attached hydrogens (tertiary/aromatic N) is 4. The van der Waals surface area contributed by atoms with E-state index in [0.29, 0.717) is 29.4 Å². The first-order chi connectivity index (χ1) is 10.2. The molecule has 0 aliphatic heterocycles. The zero-order valence-corrected chi connectivity index (χ0v) is 15.4. The van der Waals surface area contributed by atoms with Crippen molar-refractivity contribution in [1.82, 2.24) is 25.8 Å². The van der Waals surface area contributed by atoms with Gasteiger partial charge in [-0.3, -0.25) is 4.99 Å². The number of rotatable bonds is 5. The quantitative estimate of drug-likeness (QED) is 0.322. The lowest BCUT2D eigenvalue weighted by atomic mass is 10.2. The molecule has 0 saturated carbocycles. The summed E-state index contributed by atoms with van der Waals surface area (Å²) in [6, 6.07) is 3.73. The van der Waals surface area contributed by atoms with E-state index in [0.717, 1.165) is 18.5 Å². The molecule has 2 rings (SSSR count). The second-order valence-corrected chi connectivity index (χ2v) is 4.71. The van der Waals surface area contributed by atoms with E-state index in [1.165, 1.54) is 0 Å². The van der Waals surface area contributed by atoms with Crippen molar-refractivity contribution >= 4 is 41.5 Å². The fraction of sp³-hybridized carbons (Fsp3) is 0.385. The van der Waals surface area contributed by atoms with Crippen LogP contribution in [0.15, 0.2) is 27.8 Å². The molecule has 2 aromatic rings. The standard InChI is InChI=1S/C13H17ClN6O.HI/c1-9-19-12(21-20-9)8-18-13(15-2)16-6-5-10-3-4-11(14)17-7-10;/h3-4,7H,5-6,8H2,1-2H3,(H2,15,16,18);1H. The third-order valence-electron chi connectivity index (χ3n) is 2.70. The van der Waals surface area contributed by atoms with Crippen LogP contribution >= 0.6 is 35.6 Å². The molecule has 2 heterocycles. The summed E-state index contributed by atoms with van der Waals surface area (Å²) in [5.41, 5.74) is 1.11. The highest BCUT2D eigenvalue weighted by molar-refractivity contribution is 14.0. The van der Waals surface area contributed by atoms with E-state index in [1.54, 1.807) is 26.2 Å². The lowest BCUT2D eigenvalue weighted by Crippen LogP contribution is -2.37. The molecule has 2 N–H and O–H groups in total. The van der Waals surface area contributed by atoms with Gasteiger partial charge in [-0.1, -0.05) is 22.8 Å². The van der Waals surface area contributed by atoms with Crippen molar-refractivity contribution in [3.05, 3.63) is 40.8 Å². The maximum Gasteiger partial charge on any atom is 0.246 e. The molecule has 22 heavy (non-hydrogen) atoms. The highest BCUT2D eigenvalue weighted by atomic mass is 127. The molecule has 0 fully saturated rings. The van der Waals surface area contributed by atoms with Crippen LogP contribution in [0.1, 0.15) is 17.3 Å². The number of guanidine groups is 1. The summed E-state index contributed by atoms with van der Waals surface area (Å²) in [6.07, 6.45) is 2.59. The van der Waals surface area contributed by atoms with Crippen LogP contribution in [0.4, 0.5) is 0 Å². The minimum absolute atomic E-state index is 0. The van der Waals surface area contributed by atoms with Gasteiger partial charge < -0.3 is 15.2 Å². The smallest absolute Gasteiger partial charge is 0.246 e. The Morgan fingerprint density at radius 1 is 1.36 bits per heavy atom. The Morgan fingerprint density at radius 3 is 2.77 bits per heavy atom. The van der Waals surface area contributed by atoms with Gasteiger partial charge in [0.1, 0.15) is 5.15 Å². The van der Waals surface area contributed by atoms with Gasteiger partial charge in [0.05, 0.1) is 6.54 Å². The number of pyridine rings is 1. The first-order valence-electron chi connectivity index (χ1n) is 6.51. The summed E-state index contributed by atoms with van der Waals surface area (Å²) < 4.78 is 5.02. The average molecular weight is 437 g/mol. The van der Waals surface area contributed by atoms with Crippen LogP contribution in [0.25, 0.3) is 0 Å². The van der Waals surface area contributed by atoms with Crippen LogP contribution in [-0.4, -0.2) is 34.7 Å². The lowest BCUT2D eigenvalue weighted by Gasteiger charge is -2.10. The SMILES string of the molecule is CN=C(NCCc1ccc(Cl)nc1)NCc1nc(C)no1.I. The van der Waals surface area contributed by atoms with Crippen LogP contribution in [-0.2, 0) is 13.0 Å². The molecule has 0 atom stereocenters. The van der Waals surface area contributed by atoms with Gasteiger partial charge in [0.15, 0.2) is 11.8 Å². The Kier molecular flexibility index (Phi) is 8.10. The van der Waals surface area contributed by atoms with Crippen LogP contribution in [0.2, 0.25) is 5.15 Å². The van der Waals surface area contributed by atoms with Gasteiger partial charge >= 0.3 is 0 Å². The Balaban J connectivity index is 0.00000242. The maximum atomic E-state index is 5.74. The molecule has 0 radical (unpaired) electrons. The van der Waals surface area contributed by atoms with Gasteiger partial charge in [0, 0.05) is 19.8 Å². The summed E-state index contributed by atoms with van der Waals surface area (Å²) >= 11 is 5.74. The zero-order valence-electron chi connectivity index (χ0n) is 12.3. The molecule has 9 heteroatoms. The van der Waals surface area contributed by atoms with Crippen molar-refractivity contribution in [2.75, 3.05) is 13.6 Å². The number of halogens is 2. The molecule has 120 valence electrons. The molecule has 0 saturated heterocycles. The predicted molar refractivity (Wildman–Crippen MR) is 95.6 cm³/mol. The fourth-order valence-corrected chi connectivity index (χ4v) is 1.78. The average Bonchev–Trinajstić information content (AvgIpc) is 2.90. The van der Waals surface area contributed by atoms with Crippen molar-refractivity contribution in [3.8, 4) is 0 Å². The highest BCUT2D eigenvalue weighted by Gasteiger charge is 2.04. The van der Waals surface area contributed by atoms with Gasteiger partial charge in [-0.2, -0.15) is 4.98 Å². The molecule has 0 aliphatic rings. The topological polar surface area (TPSA) is 88.2 Å². The number of nitrogens with one attached hydrogen (secondary N) is 2. The minimum Gasteiger partial charge on any atom is -0.356 e. The van der Waals surface area contributed by atoms with Gasteiger partial charge in [0.2, 0.25) is 5.89 Å². The first-order valence-corrected chi connectivity index (χ1v) is 6.89. The highest BCUT2D eigenvalue weighted by Crippen LogP contribution is 2.05. The summed E-state index contributed by atoms with van der Waals surface area (Å²) in [5.74, 6) is 1.81. The monoisotopic (exact) mass is 436 g/mol.